The standard InChI is InChI=1S/C15H17FN2O/c1-10-7-12(8-11(2)14(10)16)9-18-15-13(19-3)5-4-6-17-15/h4-8H,9H2,1-3H3,(H,17,18). The van der Waals surface area contributed by atoms with Crippen LogP contribution in [-0.2, 0) is 6.54 Å². The van der Waals surface area contributed by atoms with Gasteiger partial charge in [-0.2, -0.15) is 0 Å². The van der Waals surface area contributed by atoms with Crippen molar-refractivity contribution >= 4 is 5.82 Å². The number of aryl methyl sites for hydroxylation is 2. The maximum absolute atomic E-state index is 13.5. The molecule has 4 heteroatoms. The molecule has 0 amide bonds. The highest BCUT2D eigenvalue weighted by molar-refractivity contribution is 5.50. The molecule has 0 saturated heterocycles. The lowest BCUT2D eigenvalue weighted by Gasteiger charge is -2.11. The zero-order valence-corrected chi connectivity index (χ0v) is 11.3. The second kappa shape index (κ2) is 5.69. The summed E-state index contributed by atoms with van der Waals surface area (Å²) in [7, 11) is 1.61. The maximum atomic E-state index is 13.5. The number of halogens is 1. The van der Waals surface area contributed by atoms with Crippen LogP contribution >= 0.6 is 0 Å². The summed E-state index contributed by atoms with van der Waals surface area (Å²) >= 11 is 0. The van der Waals surface area contributed by atoms with Gasteiger partial charge >= 0.3 is 0 Å². The van der Waals surface area contributed by atoms with Crippen molar-refractivity contribution in [1.29, 1.82) is 0 Å². The van der Waals surface area contributed by atoms with Gasteiger partial charge in [0, 0.05) is 12.7 Å². The summed E-state index contributed by atoms with van der Waals surface area (Å²) in [5.74, 6) is 1.24. The van der Waals surface area contributed by atoms with E-state index in [0.29, 0.717) is 29.2 Å². The van der Waals surface area contributed by atoms with Crippen molar-refractivity contribution in [2.45, 2.75) is 20.4 Å². The average molecular weight is 260 g/mol. The third kappa shape index (κ3) is 3.02. The van der Waals surface area contributed by atoms with Crippen LogP contribution in [0.15, 0.2) is 30.5 Å². The van der Waals surface area contributed by atoms with E-state index in [1.54, 1.807) is 27.2 Å². The predicted octanol–water partition coefficient (Wildman–Crippen LogP) is 3.46. The highest BCUT2D eigenvalue weighted by Crippen LogP contribution is 2.21. The Hall–Kier alpha value is -2.10. The van der Waals surface area contributed by atoms with Gasteiger partial charge in [0.15, 0.2) is 11.6 Å². The van der Waals surface area contributed by atoms with Crippen molar-refractivity contribution < 1.29 is 9.13 Å². The number of ether oxygens (including phenoxy) is 1. The Morgan fingerprint density at radius 3 is 2.58 bits per heavy atom. The van der Waals surface area contributed by atoms with E-state index in [2.05, 4.69) is 10.3 Å². The fourth-order valence-electron chi connectivity index (χ4n) is 2.01. The van der Waals surface area contributed by atoms with Gasteiger partial charge in [-0.05, 0) is 42.7 Å². The van der Waals surface area contributed by atoms with Crippen LogP contribution in [0.4, 0.5) is 10.2 Å². The van der Waals surface area contributed by atoms with E-state index in [4.69, 9.17) is 4.74 Å². The smallest absolute Gasteiger partial charge is 0.168 e. The number of benzene rings is 1. The number of methoxy groups -OCH3 is 1. The number of nitrogens with one attached hydrogen (secondary N) is 1. The van der Waals surface area contributed by atoms with Gasteiger partial charge in [-0.3, -0.25) is 0 Å². The number of hydrogen-bond acceptors (Lipinski definition) is 3. The van der Waals surface area contributed by atoms with E-state index >= 15 is 0 Å². The van der Waals surface area contributed by atoms with Crippen molar-refractivity contribution in [3.05, 3.63) is 53.0 Å². The van der Waals surface area contributed by atoms with Crippen molar-refractivity contribution in [2.24, 2.45) is 0 Å². The highest BCUT2D eigenvalue weighted by Gasteiger charge is 2.06. The molecule has 1 heterocycles. The number of nitrogens with zero attached hydrogens (tertiary/aromatic N) is 1. The molecule has 0 spiro atoms. The molecular weight excluding hydrogens is 243 g/mol. The monoisotopic (exact) mass is 260 g/mol. The number of hydrogen-bond donors (Lipinski definition) is 1. The largest absolute Gasteiger partial charge is 0.493 e. The minimum Gasteiger partial charge on any atom is -0.493 e. The van der Waals surface area contributed by atoms with Crippen LogP contribution in [0.1, 0.15) is 16.7 Å². The van der Waals surface area contributed by atoms with Crippen LogP contribution < -0.4 is 10.1 Å². The Labute approximate surface area is 112 Å². The minimum atomic E-state index is -0.140. The van der Waals surface area contributed by atoms with Crippen molar-refractivity contribution in [3.63, 3.8) is 0 Å². The zero-order valence-electron chi connectivity index (χ0n) is 11.3. The lowest BCUT2D eigenvalue weighted by molar-refractivity contribution is 0.415. The van der Waals surface area contributed by atoms with Crippen LogP contribution in [0.5, 0.6) is 5.75 Å². The van der Waals surface area contributed by atoms with Crippen molar-refractivity contribution in [3.8, 4) is 5.75 Å². The third-order valence-corrected chi connectivity index (χ3v) is 2.95. The fraction of sp³-hybridized carbons (Fsp3) is 0.267. The SMILES string of the molecule is COc1cccnc1NCc1cc(C)c(F)c(C)c1. The number of rotatable bonds is 4. The van der Waals surface area contributed by atoms with E-state index in [9.17, 15) is 4.39 Å². The lowest BCUT2D eigenvalue weighted by Crippen LogP contribution is -2.04. The van der Waals surface area contributed by atoms with Crippen LogP contribution in [0.2, 0.25) is 0 Å². The molecule has 100 valence electrons. The third-order valence-electron chi connectivity index (χ3n) is 2.95. The molecule has 0 atom stereocenters. The van der Waals surface area contributed by atoms with Gasteiger partial charge < -0.3 is 10.1 Å². The second-order valence-corrected chi connectivity index (χ2v) is 4.45. The van der Waals surface area contributed by atoms with Crippen LogP contribution in [0.3, 0.4) is 0 Å². The first-order valence-corrected chi connectivity index (χ1v) is 6.10. The quantitative estimate of drug-likeness (QED) is 0.914. The molecule has 0 bridgehead atoms. The van der Waals surface area contributed by atoms with Crippen LogP contribution in [0, 0.1) is 19.7 Å². The van der Waals surface area contributed by atoms with E-state index in [1.807, 2.05) is 24.3 Å². The topological polar surface area (TPSA) is 34.1 Å². The zero-order chi connectivity index (χ0) is 13.8. The van der Waals surface area contributed by atoms with Gasteiger partial charge in [-0.1, -0.05) is 12.1 Å². The Balaban J connectivity index is 2.15. The number of anilines is 1. The van der Waals surface area contributed by atoms with Gasteiger partial charge in [0.2, 0.25) is 0 Å². The summed E-state index contributed by atoms with van der Waals surface area (Å²) in [6.45, 7) is 4.12. The van der Waals surface area contributed by atoms with Gasteiger partial charge in [0.1, 0.15) is 5.82 Å². The first-order valence-electron chi connectivity index (χ1n) is 6.10. The molecule has 0 aliphatic heterocycles. The molecule has 0 aliphatic carbocycles. The van der Waals surface area contributed by atoms with Crippen LogP contribution in [0.25, 0.3) is 0 Å². The Bertz CT molecular complexity index is 561. The van der Waals surface area contributed by atoms with Crippen molar-refractivity contribution in [1.82, 2.24) is 4.98 Å². The van der Waals surface area contributed by atoms with E-state index in [1.165, 1.54) is 0 Å². The molecule has 0 unspecified atom stereocenters. The molecule has 2 rings (SSSR count). The molecule has 1 N–H and O–H groups in total. The first kappa shape index (κ1) is 13.3. The molecule has 0 radical (unpaired) electrons. The number of pyridine rings is 1. The molecule has 0 saturated carbocycles. The summed E-state index contributed by atoms with van der Waals surface area (Å²) in [6, 6.07) is 7.34. The fourth-order valence-corrected chi connectivity index (χ4v) is 2.01. The molecule has 1 aromatic heterocycles. The van der Waals surface area contributed by atoms with Gasteiger partial charge in [-0.15, -0.1) is 0 Å². The van der Waals surface area contributed by atoms with Crippen LogP contribution in [-0.4, -0.2) is 12.1 Å². The molecule has 1 aromatic carbocycles. The normalized spacial score (nSPS) is 10.3. The highest BCUT2D eigenvalue weighted by atomic mass is 19.1. The van der Waals surface area contributed by atoms with E-state index in [-0.39, 0.29) is 5.82 Å². The second-order valence-electron chi connectivity index (χ2n) is 4.45. The summed E-state index contributed by atoms with van der Waals surface area (Å²) in [5.41, 5.74) is 2.33. The molecular formula is C15H17FN2O. The molecule has 19 heavy (non-hydrogen) atoms. The molecule has 0 aliphatic rings. The molecule has 0 fully saturated rings. The summed E-state index contributed by atoms with van der Waals surface area (Å²) in [5, 5.41) is 3.20. The van der Waals surface area contributed by atoms with E-state index < -0.39 is 0 Å². The minimum absolute atomic E-state index is 0.140. The Morgan fingerprint density at radius 1 is 1.26 bits per heavy atom. The van der Waals surface area contributed by atoms with Crippen molar-refractivity contribution in [2.75, 3.05) is 12.4 Å². The first-order chi connectivity index (χ1) is 9.11. The Kier molecular flexibility index (Phi) is 4.00. The average Bonchev–Trinajstić information content (AvgIpc) is 2.42. The van der Waals surface area contributed by atoms with Gasteiger partial charge in [0.05, 0.1) is 7.11 Å². The number of aromatic nitrogens is 1. The predicted molar refractivity (Wildman–Crippen MR) is 74.0 cm³/mol. The maximum Gasteiger partial charge on any atom is 0.168 e. The van der Waals surface area contributed by atoms with E-state index in [0.717, 1.165) is 5.56 Å². The molecule has 2 aromatic rings. The summed E-state index contributed by atoms with van der Waals surface area (Å²) in [4.78, 5) is 4.22. The Morgan fingerprint density at radius 2 is 1.95 bits per heavy atom. The molecule has 3 nitrogen and oxygen atoms in total. The van der Waals surface area contributed by atoms with Gasteiger partial charge in [0.25, 0.3) is 0 Å². The summed E-state index contributed by atoms with van der Waals surface area (Å²) < 4.78 is 18.8. The summed E-state index contributed by atoms with van der Waals surface area (Å²) in [6.07, 6.45) is 1.70. The lowest BCUT2D eigenvalue weighted by atomic mass is 10.1. The van der Waals surface area contributed by atoms with Gasteiger partial charge in [-0.25, -0.2) is 9.37 Å².